The lowest BCUT2D eigenvalue weighted by Crippen LogP contribution is -2.09. The van der Waals surface area contributed by atoms with E-state index in [1.807, 2.05) is 0 Å². The predicted octanol–water partition coefficient (Wildman–Crippen LogP) is 1.70. The minimum atomic E-state index is -2.66. The monoisotopic (exact) mass is 174 g/mol. The Morgan fingerprint density at radius 3 is 2.55 bits per heavy atom. The highest BCUT2D eigenvalue weighted by Crippen LogP contribution is 2.53. The van der Waals surface area contributed by atoms with E-state index >= 15 is 0 Å². The summed E-state index contributed by atoms with van der Waals surface area (Å²) in [6.07, 6.45) is 3.00. The Morgan fingerprint density at radius 2 is 2.09 bits per heavy atom. The topological polar surface area (TPSA) is 46.5 Å². The van der Waals surface area contributed by atoms with E-state index in [9.17, 15) is 4.57 Å². The first kappa shape index (κ1) is 8.72. The maximum Gasteiger partial charge on any atom is 0.247 e. The van der Waals surface area contributed by atoms with E-state index in [0.29, 0.717) is 0 Å². The van der Waals surface area contributed by atoms with Crippen molar-refractivity contribution in [3.05, 3.63) is 23.8 Å². The zero-order chi connectivity index (χ0) is 8.32. The number of aliphatic hydroxyl groups excluding tert-OH is 1. The van der Waals surface area contributed by atoms with Crippen LogP contribution in [0.1, 0.15) is 6.92 Å². The molecule has 1 aliphatic rings. The smallest absolute Gasteiger partial charge is 0.247 e. The highest BCUT2D eigenvalue weighted by Gasteiger charge is 2.20. The van der Waals surface area contributed by atoms with E-state index in [0.717, 1.165) is 0 Å². The van der Waals surface area contributed by atoms with Crippen molar-refractivity contribution >= 4 is 7.37 Å². The second-order valence-electron chi connectivity index (χ2n) is 2.43. The summed E-state index contributed by atoms with van der Waals surface area (Å²) in [5.41, 5.74) is 0. The minimum absolute atomic E-state index is 0.105. The maximum atomic E-state index is 11.5. The number of hydrogen-bond donors (Lipinski definition) is 1. The van der Waals surface area contributed by atoms with Gasteiger partial charge in [-0.2, -0.15) is 0 Å². The first-order valence-electron chi connectivity index (χ1n) is 3.42. The molecule has 11 heavy (non-hydrogen) atoms. The fourth-order valence-corrected chi connectivity index (χ4v) is 2.32. The molecule has 62 valence electrons. The van der Waals surface area contributed by atoms with Gasteiger partial charge in [0.1, 0.15) is 0 Å². The average molecular weight is 174 g/mol. The van der Waals surface area contributed by atoms with Gasteiger partial charge < -0.3 is 9.63 Å². The van der Waals surface area contributed by atoms with Gasteiger partial charge in [0.05, 0.1) is 12.7 Å². The van der Waals surface area contributed by atoms with Crippen LogP contribution in [0.25, 0.3) is 0 Å². The van der Waals surface area contributed by atoms with Crippen molar-refractivity contribution in [3.63, 3.8) is 0 Å². The van der Waals surface area contributed by atoms with Crippen LogP contribution in [0.15, 0.2) is 23.8 Å². The molecule has 1 rings (SSSR count). The zero-order valence-corrected chi connectivity index (χ0v) is 7.20. The molecule has 0 bridgehead atoms. The quantitative estimate of drug-likeness (QED) is 0.662. The van der Waals surface area contributed by atoms with Crippen LogP contribution >= 0.6 is 7.37 Å². The summed E-state index contributed by atoms with van der Waals surface area (Å²) in [4.78, 5) is 0. The van der Waals surface area contributed by atoms with Crippen LogP contribution in [0.2, 0.25) is 0 Å². The van der Waals surface area contributed by atoms with Crippen LogP contribution in [0, 0.1) is 0 Å². The zero-order valence-electron chi connectivity index (χ0n) is 6.30. The molecule has 1 aliphatic heterocycles. The van der Waals surface area contributed by atoms with Gasteiger partial charge in [0.2, 0.25) is 7.37 Å². The standard InChI is InChI=1S/C7H11O3P/c1-7(6-8)10-11(9)4-2-3-5-11/h2-5,7-8H,6H2,1H3. The molecule has 0 aromatic rings. The Labute approximate surface area is 65.8 Å². The minimum Gasteiger partial charge on any atom is -0.394 e. The second kappa shape index (κ2) is 3.35. The Kier molecular flexibility index (Phi) is 2.66. The Morgan fingerprint density at radius 1 is 1.55 bits per heavy atom. The largest absolute Gasteiger partial charge is 0.394 e. The van der Waals surface area contributed by atoms with Gasteiger partial charge in [-0.05, 0) is 6.92 Å². The molecule has 0 spiro atoms. The summed E-state index contributed by atoms with van der Waals surface area (Å²) >= 11 is 0. The molecule has 0 aromatic heterocycles. The SMILES string of the molecule is CC(CO)OP1(=O)C=CC=C1. The Hall–Kier alpha value is -0.370. The maximum absolute atomic E-state index is 11.5. The molecular formula is C7H11O3P. The first-order valence-corrected chi connectivity index (χ1v) is 5.18. The second-order valence-corrected chi connectivity index (χ2v) is 4.52. The lowest BCUT2D eigenvalue weighted by Gasteiger charge is -2.13. The summed E-state index contributed by atoms with van der Waals surface area (Å²) in [6, 6.07) is 0. The van der Waals surface area contributed by atoms with Gasteiger partial charge >= 0.3 is 0 Å². The lowest BCUT2D eigenvalue weighted by atomic mass is 10.5. The fraction of sp³-hybridized carbons (Fsp3) is 0.429. The van der Waals surface area contributed by atoms with Gasteiger partial charge in [-0.1, -0.05) is 12.2 Å². The van der Waals surface area contributed by atoms with Gasteiger partial charge in [0, 0.05) is 11.6 Å². The van der Waals surface area contributed by atoms with Crippen LogP contribution in [-0.2, 0) is 9.09 Å². The third-order valence-electron chi connectivity index (χ3n) is 1.30. The van der Waals surface area contributed by atoms with E-state index in [1.54, 1.807) is 19.1 Å². The van der Waals surface area contributed by atoms with Gasteiger partial charge in [0.25, 0.3) is 0 Å². The van der Waals surface area contributed by atoms with Crippen molar-refractivity contribution in [2.75, 3.05) is 6.61 Å². The van der Waals surface area contributed by atoms with Gasteiger partial charge in [0.15, 0.2) is 0 Å². The van der Waals surface area contributed by atoms with Crippen LogP contribution in [0.5, 0.6) is 0 Å². The van der Waals surface area contributed by atoms with Crippen molar-refractivity contribution < 1.29 is 14.2 Å². The van der Waals surface area contributed by atoms with Crippen molar-refractivity contribution in [1.82, 2.24) is 0 Å². The Bertz CT molecular complexity index is 216. The number of hydrogen-bond acceptors (Lipinski definition) is 3. The van der Waals surface area contributed by atoms with Crippen molar-refractivity contribution in [2.45, 2.75) is 13.0 Å². The summed E-state index contributed by atoms with van der Waals surface area (Å²) < 4.78 is 16.6. The molecule has 0 saturated heterocycles. The Balaban J connectivity index is 2.55. The summed E-state index contributed by atoms with van der Waals surface area (Å²) in [7, 11) is -2.66. The van der Waals surface area contributed by atoms with Crippen LogP contribution in [-0.4, -0.2) is 17.8 Å². The normalized spacial score (nSPS) is 22.4. The van der Waals surface area contributed by atoms with Crippen LogP contribution < -0.4 is 0 Å². The third-order valence-corrected chi connectivity index (χ3v) is 3.17. The number of aliphatic hydroxyl groups is 1. The molecule has 1 atom stereocenters. The highest BCUT2D eigenvalue weighted by atomic mass is 31.2. The molecule has 1 N–H and O–H groups in total. The fourth-order valence-electron chi connectivity index (χ4n) is 0.774. The van der Waals surface area contributed by atoms with Crippen molar-refractivity contribution in [1.29, 1.82) is 0 Å². The van der Waals surface area contributed by atoms with Crippen molar-refractivity contribution in [2.24, 2.45) is 0 Å². The molecule has 3 nitrogen and oxygen atoms in total. The van der Waals surface area contributed by atoms with Crippen LogP contribution in [0.3, 0.4) is 0 Å². The highest BCUT2D eigenvalue weighted by molar-refractivity contribution is 7.65. The molecule has 0 aliphatic carbocycles. The van der Waals surface area contributed by atoms with Crippen molar-refractivity contribution in [3.8, 4) is 0 Å². The van der Waals surface area contributed by atoms with E-state index in [1.165, 1.54) is 11.6 Å². The number of rotatable bonds is 3. The molecule has 1 unspecified atom stereocenters. The van der Waals surface area contributed by atoms with Gasteiger partial charge in [-0.25, -0.2) is 0 Å². The molecule has 1 heterocycles. The molecule has 0 amide bonds. The summed E-state index contributed by atoms with van der Waals surface area (Å²) in [5.74, 6) is 3.05. The molecule has 0 saturated carbocycles. The summed E-state index contributed by atoms with van der Waals surface area (Å²) in [6.45, 7) is 1.57. The molecular weight excluding hydrogens is 163 g/mol. The molecule has 0 fully saturated rings. The van der Waals surface area contributed by atoms with Gasteiger partial charge in [-0.15, -0.1) is 0 Å². The number of allylic oxidation sites excluding steroid dienone is 2. The molecule has 0 aromatic carbocycles. The van der Waals surface area contributed by atoms with Gasteiger partial charge in [-0.3, -0.25) is 4.57 Å². The van der Waals surface area contributed by atoms with E-state index in [4.69, 9.17) is 9.63 Å². The van der Waals surface area contributed by atoms with E-state index in [-0.39, 0.29) is 12.7 Å². The molecule has 0 radical (unpaired) electrons. The first-order chi connectivity index (χ1) is 5.16. The average Bonchev–Trinajstić information content (AvgIpc) is 2.36. The third kappa shape index (κ3) is 2.29. The van der Waals surface area contributed by atoms with E-state index in [2.05, 4.69) is 0 Å². The van der Waals surface area contributed by atoms with E-state index < -0.39 is 7.37 Å². The lowest BCUT2D eigenvalue weighted by molar-refractivity contribution is 0.136. The summed E-state index contributed by atoms with van der Waals surface area (Å²) in [5, 5.41) is 8.62. The molecule has 4 heteroatoms. The van der Waals surface area contributed by atoms with Crippen LogP contribution in [0.4, 0.5) is 0 Å². The predicted molar refractivity (Wildman–Crippen MR) is 43.5 cm³/mol.